The molecule has 1 aliphatic carbocycles. The number of halogens is 2. The van der Waals surface area contributed by atoms with E-state index in [0.29, 0.717) is 12.5 Å². The summed E-state index contributed by atoms with van der Waals surface area (Å²) in [6, 6.07) is 0. The maximum absolute atomic E-state index is 13.7. The van der Waals surface area contributed by atoms with Crippen LogP contribution in [-0.4, -0.2) is 19.0 Å². The van der Waals surface area contributed by atoms with Gasteiger partial charge in [0.25, 0.3) is 5.92 Å². The summed E-state index contributed by atoms with van der Waals surface area (Å²) in [7, 11) is 0. The molecule has 0 amide bonds. The minimum Gasteiger partial charge on any atom is -0.310 e. The van der Waals surface area contributed by atoms with Crippen LogP contribution in [-0.2, 0) is 0 Å². The van der Waals surface area contributed by atoms with Gasteiger partial charge in [0.1, 0.15) is 0 Å². The van der Waals surface area contributed by atoms with Crippen LogP contribution >= 0.6 is 0 Å². The lowest BCUT2D eigenvalue weighted by Gasteiger charge is -2.40. The number of nitrogens with one attached hydrogen (secondary N) is 1. The molecule has 1 saturated heterocycles. The lowest BCUT2D eigenvalue weighted by Crippen LogP contribution is -2.42. The molecule has 0 atom stereocenters. The summed E-state index contributed by atoms with van der Waals surface area (Å²) < 4.78 is 27.5. The van der Waals surface area contributed by atoms with Gasteiger partial charge in [0.2, 0.25) is 0 Å². The highest BCUT2D eigenvalue weighted by molar-refractivity contribution is 5.03. The van der Waals surface area contributed by atoms with E-state index in [4.69, 9.17) is 0 Å². The van der Waals surface area contributed by atoms with Crippen molar-refractivity contribution in [3.63, 3.8) is 0 Å². The molecule has 15 heavy (non-hydrogen) atoms. The van der Waals surface area contributed by atoms with Crippen molar-refractivity contribution in [3.8, 4) is 0 Å². The van der Waals surface area contributed by atoms with E-state index in [0.717, 1.165) is 25.7 Å². The van der Waals surface area contributed by atoms with Crippen LogP contribution in [0.5, 0.6) is 0 Å². The third-order valence-corrected chi connectivity index (χ3v) is 4.35. The van der Waals surface area contributed by atoms with Gasteiger partial charge in [-0.15, -0.1) is 0 Å². The molecule has 1 heterocycles. The van der Waals surface area contributed by atoms with Crippen molar-refractivity contribution in [2.24, 2.45) is 11.3 Å². The Morgan fingerprint density at radius 1 is 1.20 bits per heavy atom. The minimum absolute atomic E-state index is 0.106. The average molecular weight is 217 g/mol. The largest absolute Gasteiger partial charge is 0.310 e. The molecule has 0 radical (unpaired) electrons. The fraction of sp³-hybridized carbons (Fsp3) is 1.00. The first-order chi connectivity index (χ1) is 7.10. The molecule has 0 aromatic carbocycles. The second-order valence-corrected chi connectivity index (χ2v) is 5.32. The Balaban J connectivity index is 1.97. The SMILES string of the molecule is CCCC1CCC2(CC1)CNCC2(F)F. The fourth-order valence-electron chi connectivity index (χ4n) is 3.25. The van der Waals surface area contributed by atoms with E-state index in [2.05, 4.69) is 12.2 Å². The number of rotatable bonds is 2. The van der Waals surface area contributed by atoms with E-state index in [1.54, 1.807) is 0 Å². The first kappa shape index (κ1) is 11.3. The van der Waals surface area contributed by atoms with Crippen LogP contribution in [0.3, 0.4) is 0 Å². The highest BCUT2D eigenvalue weighted by Gasteiger charge is 2.57. The molecule has 88 valence electrons. The van der Waals surface area contributed by atoms with Gasteiger partial charge in [-0.25, -0.2) is 8.78 Å². The Bertz CT molecular complexity index is 220. The van der Waals surface area contributed by atoms with E-state index in [1.807, 2.05) is 0 Å². The Morgan fingerprint density at radius 3 is 2.33 bits per heavy atom. The molecular weight excluding hydrogens is 196 g/mol. The molecule has 1 nitrogen and oxygen atoms in total. The summed E-state index contributed by atoms with van der Waals surface area (Å²) in [5.41, 5.74) is -0.697. The van der Waals surface area contributed by atoms with Crippen LogP contribution in [0, 0.1) is 11.3 Å². The van der Waals surface area contributed by atoms with Crippen molar-refractivity contribution in [3.05, 3.63) is 0 Å². The standard InChI is InChI=1S/C12H21F2N/c1-2-3-10-4-6-11(7-5-10)8-15-9-12(11,13)14/h10,15H,2-9H2,1H3. The predicted octanol–water partition coefficient (Wildman–Crippen LogP) is 3.20. The molecule has 1 N–H and O–H groups in total. The molecule has 1 spiro atoms. The van der Waals surface area contributed by atoms with Crippen molar-refractivity contribution in [1.29, 1.82) is 0 Å². The lowest BCUT2D eigenvalue weighted by atomic mass is 9.67. The first-order valence-electron chi connectivity index (χ1n) is 6.18. The monoisotopic (exact) mass is 217 g/mol. The van der Waals surface area contributed by atoms with Crippen molar-refractivity contribution >= 4 is 0 Å². The van der Waals surface area contributed by atoms with E-state index in [1.165, 1.54) is 12.8 Å². The van der Waals surface area contributed by atoms with Gasteiger partial charge in [-0.3, -0.25) is 0 Å². The van der Waals surface area contributed by atoms with Crippen molar-refractivity contribution in [2.75, 3.05) is 13.1 Å². The zero-order valence-electron chi connectivity index (χ0n) is 9.49. The van der Waals surface area contributed by atoms with Gasteiger partial charge in [0.15, 0.2) is 0 Å². The summed E-state index contributed by atoms with van der Waals surface area (Å²) in [6.45, 7) is 2.60. The summed E-state index contributed by atoms with van der Waals surface area (Å²) in [6.07, 6.45) is 5.85. The van der Waals surface area contributed by atoms with E-state index < -0.39 is 11.3 Å². The molecular formula is C12H21F2N. The zero-order valence-corrected chi connectivity index (χ0v) is 9.49. The van der Waals surface area contributed by atoms with Gasteiger partial charge >= 0.3 is 0 Å². The topological polar surface area (TPSA) is 12.0 Å². The van der Waals surface area contributed by atoms with Gasteiger partial charge in [0, 0.05) is 12.0 Å². The van der Waals surface area contributed by atoms with E-state index >= 15 is 0 Å². The fourth-order valence-corrected chi connectivity index (χ4v) is 3.25. The lowest BCUT2D eigenvalue weighted by molar-refractivity contribution is -0.105. The Morgan fingerprint density at radius 2 is 1.87 bits per heavy atom. The van der Waals surface area contributed by atoms with Gasteiger partial charge in [0.05, 0.1) is 6.54 Å². The quantitative estimate of drug-likeness (QED) is 0.749. The van der Waals surface area contributed by atoms with Crippen molar-refractivity contribution in [2.45, 2.75) is 51.4 Å². The second-order valence-electron chi connectivity index (χ2n) is 5.32. The number of alkyl halides is 2. The molecule has 2 aliphatic rings. The molecule has 0 bridgehead atoms. The molecule has 2 rings (SSSR count). The normalized spacial score (nSPS) is 39.8. The van der Waals surface area contributed by atoms with Crippen LogP contribution < -0.4 is 5.32 Å². The van der Waals surface area contributed by atoms with Gasteiger partial charge < -0.3 is 5.32 Å². The smallest absolute Gasteiger partial charge is 0.267 e. The van der Waals surface area contributed by atoms with Crippen LogP contribution in [0.25, 0.3) is 0 Å². The minimum atomic E-state index is -2.47. The van der Waals surface area contributed by atoms with Crippen LogP contribution in [0.15, 0.2) is 0 Å². The molecule has 1 saturated carbocycles. The second kappa shape index (κ2) is 4.00. The highest BCUT2D eigenvalue weighted by atomic mass is 19.3. The Hall–Kier alpha value is -0.180. The van der Waals surface area contributed by atoms with Gasteiger partial charge in [-0.2, -0.15) is 0 Å². The third kappa shape index (κ3) is 1.91. The summed E-state index contributed by atoms with van der Waals surface area (Å²) in [5, 5.41) is 2.87. The zero-order chi connectivity index (χ0) is 10.9. The van der Waals surface area contributed by atoms with Crippen molar-refractivity contribution < 1.29 is 8.78 Å². The van der Waals surface area contributed by atoms with Gasteiger partial charge in [-0.1, -0.05) is 19.8 Å². The van der Waals surface area contributed by atoms with Crippen LogP contribution in [0.2, 0.25) is 0 Å². The maximum atomic E-state index is 13.7. The first-order valence-corrected chi connectivity index (χ1v) is 6.18. The van der Waals surface area contributed by atoms with E-state index in [9.17, 15) is 8.78 Å². The predicted molar refractivity (Wildman–Crippen MR) is 57.1 cm³/mol. The van der Waals surface area contributed by atoms with Gasteiger partial charge in [-0.05, 0) is 31.6 Å². The number of hydrogen-bond donors (Lipinski definition) is 1. The van der Waals surface area contributed by atoms with Crippen LogP contribution in [0.1, 0.15) is 45.4 Å². The average Bonchev–Trinajstić information content (AvgIpc) is 2.47. The number of hydrogen-bond acceptors (Lipinski definition) is 1. The molecule has 0 aromatic heterocycles. The summed E-state index contributed by atoms with van der Waals surface area (Å²) in [4.78, 5) is 0. The van der Waals surface area contributed by atoms with Crippen LogP contribution in [0.4, 0.5) is 8.78 Å². The molecule has 1 aliphatic heterocycles. The van der Waals surface area contributed by atoms with E-state index in [-0.39, 0.29) is 6.54 Å². The molecule has 0 aromatic rings. The molecule has 0 unspecified atom stereocenters. The Labute approximate surface area is 90.6 Å². The Kier molecular flexibility index (Phi) is 3.02. The third-order valence-electron chi connectivity index (χ3n) is 4.35. The summed E-state index contributed by atoms with van der Waals surface area (Å²) >= 11 is 0. The molecule has 3 heteroatoms. The highest BCUT2D eigenvalue weighted by Crippen LogP contribution is 2.51. The summed E-state index contributed by atoms with van der Waals surface area (Å²) in [5.74, 6) is -1.76. The maximum Gasteiger partial charge on any atom is 0.267 e. The van der Waals surface area contributed by atoms with Crippen molar-refractivity contribution in [1.82, 2.24) is 5.32 Å². The molecule has 2 fully saturated rings.